The molecule has 1 atom stereocenters. The number of hydrogen-bond acceptors (Lipinski definition) is 4. The molecule has 1 aromatic heterocycles. The second kappa shape index (κ2) is 7.11. The molecular weight excluding hydrogens is 312 g/mol. The van der Waals surface area contributed by atoms with E-state index < -0.39 is 0 Å². The first-order valence-corrected chi connectivity index (χ1v) is 8.76. The Balaban J connectivity index is 1.66. The molecule has 1 N–H and O–H groups in total. The third kappa shape index (κ3) is 3.59. The molecule has 0 spiro atoms. The fraction of sp³-hybridized carbons (Fsp3) is 0.286. The van der Waals surface area contributed by atoms with Crippen LogP contribution in [0.25, 0.3) is 10.8 Å². The summed E-state index contributed by atoms with van der Waals surface area (Å²) < 4.78 is 11.7. The van der Waals surface area contributed by atoms with Crippen LogP contribution in [0.15, 0.2) is 54.6 Å². The first kappa shape index (κ1) is 15.9. The van der Waals surface area contributed by atoms with Crippen molar-refractivity contribution in [2.45, 2.75) is 25.9 Å². The van der Waals surface area contributed by atoms with Gasteiger partial charge in [0.1, 0.15) is 6.61 Å². The quantitative estimate of drug-likeness (QED) is 0.725. The SMILES string of the molecule is Cc1cc2c(Nc3ccccc3)cccc2c(OCC2CCCO2)n1. The van der Waals surface area contributed by atoms with Gasteiger partial charge in [-0.05, 0) is 50.1 Å². The topological polar surface area (TPSA) is 43.4 Å². The smallest absolute Gasteiger partial charge is 0.221 e. The number of benzene rings is 2. The molecular formula is C21H22N2O2. The van der Waals surface area contributed by atoms with E-state index in [1.54, 1.807) is 0 Å². The van der Waals surface area contributed by atoms with Gasteiger partial charge >= 0.3 is 0 Å². The zero-order valence-electron chi connectivity index (χ0n) is 14.4. The number of fused-ring (bicyclic) bond motifs is 1. The third-order valence-electron chi connectivity index (χ3n) is 4.45. The van der Waals surface area contributed by atoms with Crippen LogP contribution in [0.5, 0.6) is 5.88 Å². The van der Waals surface area contributed by atoms with Crippen LogP contribution in [0.1, 0.15) is 18.5 Å². The lowest BCUT2D eigenvalue weighted by atomic mass is 10.1. The van der Waals surface area contributed by atoms with E-state index in [1.165, 1.54) is 0 Å². The van der Waals surface area contributed by atoms with Crippen LogP contribution in [0.4, 0.5) is 11.4 Å². The largest absolute Gasteiger partial charge is 0.474 e. The van der Waals surface area contributed by atoms with Gasteiger partial charge in [-0.3, -0.25) is 0 Å². The molecule has 4 heteroatoms. The predicted octanol–water partition coefficient (Wildman–Crippen LogP) is 4.84. The average Bonchev–Trinajstić information content (AvgIpc) is 3.15. The van der Waals surface area contributed by atoms with Gasteiger partial charge in [-0.15, -0.1) is 0 Å². The highest BCUT2D eigenvalue weighted by Gasteiger charge is 2.17. The van der Waals surface area contributed by atoms with Crippen LogP contribution in [-0.2, 0) is 4.74 Å². The fourth-order valence-corrected chi connectivity index (χ4v) is 3.21. The Kier molecular flexibility index (Phi) is 4.53. The molecule has 0 radical (unpaired) electrons. The minimum atomic E-state index is 0.183. The van der Waals surface area contributed by atoms with Crippen LogP contribution in [0.2, 0.25) is 0 Å². The lowest BCUT2D eigenvalue weighted by Gasteiger charge is -2.15. The van der Waals surface area contributed by atoms with Crippen molar-refractivity contribution >= 4 is 22.1 Å². The number of rotatable bonds is 5. The summed E-state index contributed by atoms with van der Waals surface area (Å²) >= 11 is 0. The highest BCUT2D eigenvalue weighted by atomic mass is 16.5. The minimum Gasteiger partial charge on any atom is -0.474 e. The van der Waals surface area contributed by atoms with Gasteiger partial charge in [-0.1, -0.05) is 24.3 Å². The lowest BCUT2D eigenvalue weighted by Crippen LogP contribution is -2.17. The molecule has 0 aliphatic carbocycles. The Labute approximate surface area is 147 Å². The van der Waals surface area contributed by atoms with Crippen LogP contribution < -0.4 is 10.1 Å². The number of aromatic nitrogens is 1. The molecule has 1 aliphatic heterocycles. The summed E-state index contributed by atoms with van der Waals surface area (Å²) in [6.45, 7) is 3.39. The van der Waals surface area contributed by atoms with Crippen LogP contribution >= 0.6 is 0 Å². The molecule has 128 valence electrons. The van der Waals surface area contributed by atoms with Crippen LogP contribution in [-0.4, -0.2) is 24.3 Å². The molecule has 3 aromatic rings. The van der Waals surface area contributed by atoms with Gasteiger partial charge in [-0.25, -0.2) is 4.98 Å². The number of nitrogens with one attached hydrogen (secondary N) is 1. The number of para-hydroxylation sites is 1. The van der Waals surface area contributed by atoms with Crippen molar-refractivity contribution < 1.29 is 9.47 Å². The van der Waals surface area contributed by atoms with E-state index in [0.717, 1.165) is 47.3 Å². The summed E-state index contributed by atoms with van der Waals surface area (Å²) in [4.78, 5) is 4.60. The summed E-state index contributed by atoms with van der Waals surface area (Å²) in [6, 6.07) is 18.4. The average molecular weight is 334 g/mol. The van der Waals surface area contributed by atoms with E-state index in [9.17, 15) is 0 Å². The number of nitrogens with zero attached hydrogens (tertiary/aromatic N) is 1. The molecule has 1 unspecified atom stereocenters. The van der Waals surface area contributed by atoms with Crippen molar-refractivity contribution in [3.05, 3.63) is 60.3 Å². The van der Waals surface area contributed by atoms with Crippen molar-refractivity contribution in [3.8, 4) is 5.88 Å². The molecule has 0 saturated carbocycles. The molecule has 2 aromatic carbocycles. The van der Waals surface area contributed by atoms with Gasteiger partial charge < -0.3 is 14.8 Å². The molecule has 2 heterocycles. The molecule has 1 fully saturated rings. The van der Waals surface area contributed by atoms with E-state index in [0.29, 0.717) is 12.5 Å². The Morgan fingerprint density at radius 1 is 1.12 bits per heavy atom. The predicted molar refractivity (Wildman–Crippen MR) is 101 cm³/mol. The second-order valence-corrected chi connectivity index (χ2v) is 6.41. The monoisotopic (exact) mass is 334 g/mol. The Bertz CT molecular complexity index is 858. The van der Waals surface area contributed by atoms with Crippen molar-refractivity contribution in [1.82, 2.24) is 4.98 Å². The zero-order chi connectivity index (χ0) is 17.1. The summed E-state index contributed by atoms with van der Waals surface area (Å²) in [5, 5.41) is 5.62. The molecule has 4 nitrogen and oxygen atoms in total. The van der Waals surface area contributed by atoms with E-state index in [4.69, 9.17) is 9.47 Å². The van der Waals surface area contributed by atoms with Gasteiger partial charge in [0.15, 0.2) is 0 Å². The standard InChI is InChI=1S/C21H22N2O2/c1-15-13-19-18(21(22-15)25-14-17-9-6-12-24-17)10-5-11-20(19)23-16-7-3-2-4-8-16/h2-5,7-8,10-11,13,17,23H,6,9,12,14H2,1H3. The van der Waals surface area contributed by atoms with Gasteiger partial charge in [0, 0.05) is 34.4 Å². The second-order valence-electron chi connectivity index (χ2n) is 6.41. The van der Waals surface area contributed by atoms with Crippen LogP contribution in [0, 0.1) is 6.92 Å². The van der Waals surface area contributed by atoms with Gasteiger partial charge in [-0.2, -0.15) is 0 Å². The summed E-state index contributed by atoms with van der Waals surface area (Å²) in [6.07, 6.45) is 2.36. The number of anilines is 2. The molecule has 25 heavy (non-hydrogen) atoms. The van der Waals surface area contributed by atoms with E-state index in [-0.39, 0.29) is 6.10 Å². The number of ether oxygens (including phenoxy) is 2. The van der Waals surface area contributed by atoms with Gasteiger partial charge in [0.25, 0.3) is 0 Å². The van der Waals surface area contributed by atoms with Crippen molar-refractivity contribution in [1.29, 1.82) is 0 Å². The first-order chi connectivity index (χ1) is 12.3. The summed E-state index contributed by atoms with van der Waals surface area (Å²) in [5.74, 6) is 0.683. The highest BCUT2D eigenvalue weighted by molar-refractivity contribution is 5.98. The van der Waals surface area contributed by atoms with Crippen molar-refractivity contribution in [3.63, 3.8) is 0 Å². The van der Waals surface area contributed by atoms with E-state index >= 15 is 0 Å². The lowest BCUT2D eigenvalue weighted by molar-refractivity contribution is 0.0669. The fourth-order valence-electron chi connectivity index (χ4n) is 3.21. The minimum absolute atomic E-state index is 0.183. The Morgan fingerprint density at radius 2 is 2.00 bits per heavy atom. The zero-order valence-corrected chi connectivity index (χ0v) is 14.4. The molecule has 4 rings (SSSR count). The van der Waals surface area contributed by atoms with Crippen molar-refractivity contribution in [2.24, 2.45) is 0 Å². The first-order valence-electron chi connectivity index (χ1n) is 8.76. The number of pyridine rings is 1. The molecule has 0 bridgehead atoms. The van der Waals surface area contributed by atoms with Gasteiger partial charge in [0.05, 0.1) is 6.10 Å². The molecule has 0 amide bonds. The third-order valence-corrected chi connectivity index (χ3v) is 4.45. The molecule has 1 saturated heterocycles. The molecule has 1 aliphatic rings. The highest BCUT2D eigenvalue weighted by Crippen LogP contribution is 2.32. The normalized spacial score (nSPS) is 16.9. The van der Waals surface area contributed by atoms with Gasteiger partial charge in [0.2, 0.25) is 5.88 Å². The number of hydrogen-bond donors (Lipinski definition) is 1. The summed E-state index contributed by atoms with van der Waals surface area (Å²) in [5.41, 5.74) is 3.06. The van der Waals surface area contributed by atoms with E-state index in [1.807, 2.05) is 31.2 Å². The Morgan fingerprint density at radius 3 is 2.80 bits per heavy atom. The maximum Gasteiger partial charge on any atom is 0.221 e. The number of aryl methyl sites for hydroxylation is 1. The maximum absolute atomic E-state index is 6.03. The summed E-state index contributed by atoms with van der Waals surface area (Å²) in [7, 11) is 0. The van der Waals surface area contributed by atoms with E-state index in [2.05, 4.69) is 40.6 Å². The maximum atomic E-state index is 6.03. The van der Waals surface area contributed by atoms with Crippen molar-refractivity contribution in [2.75, 3.05) is 18.5 Å². The van der Waals surface area contributed by atoms with Crippen LogP contribution in [0.3, 0.4) is 0 Å². The Hall–Kier alpha value is -2.59.